The molecule has 1 aromatic rings. The molecule has 30 heavy (non-hydrogen) atoms. The molecule has 0 aromatic heterocycles. The van der Waals surface area contributed by atoms with E-state index in [1.165, 1.54) is 6.07 Å². The van der Waals surface area contributed by atoms with Crippen molar-refractivity contribution >= 4 is 5.83 Å². The number of hydrogen-bond donors (Lipinski definition) is 0. The maximum absolute atomic E-state index is 15.0. The number of alkyl halides is 4. The molecule has 3 aliphatic carbocycles. The quantitative estimate of drug-likeness (QED) is 0.443. The molecule has 166 valence electrons. The van der Waals surface area contributed by atoms with E-state index in [9.17, 15) is 26.3 Å². The lowest BCUT2D eigenvalue weighted by Gasteiger charge is -2.35. The number of fused-ring (bicyclic) bond motifs is 2. The molecule has 1 saturated carbocycles. The first-order valence-corrected chi connectivity index (χ1v) is 10.8. The normalized spacial score (nSPS) is 28.1. The van der Waals surface area contributed by atoms with Crippen LogP contribution in [0.15, 0.2) is 12.1 Å². The molecule has 0 amide bonds. The summed E-state index contributed by atoms with van der Waals surface area (Å²) in [6, 6.07) is 1.33. The fourth-order valence-electron chi connectivity index (χ4n) is 5.28. The molecule has 0 N–H and O–H groups in total. The van der Waals surface area contributed by atoms with Crippen LogP contribution in [0.4, 0.5) is 26.3 Å². The Morgan fingerprint density at radius 2 is 1.80 bits per heavy atom. The highest BCUT2D eigenvalue weighted by Gasteiger charge is 2.57. The summed E-state index contributed by atoms with van der Waals surface area (Å²) in [4.78, 5) is 0. The average molecular weight is 432 g/mol. The summed E-state index contributed by atoms with van der Waals surface area (Å²) in [5, 5.41) is 0. The van der Waals surface area contributed by atoms with Crippen molar-refractivity contribution in [1.29, 1.82) is 0 Å². The lowest BCUT2D eigenvalue weighted by molar-refractivity contribution is -0.325. The fraction of sp³-hybridized carbons (Fsp3) is 0.652. The number of hydrogen-bond acceptors (Lipinski definition) is 1. The molecule has 0 aliphatic heterocycles. The van der Waals surface area contributed by atoms with Gasteiger partial charge in [-0.3, -0.25) is 0 Å². The summed E-state index contributed by atoms with van der Waals surface area (Å²) in [7, 11) is 0. The zero-order valence-electron chi connectivity index (χ0n) is 16.9. The van der Waals surface area contributed by atoms with Crippen molar-refractivity contribution in [2.24, 2.45) is 11.8 Å². The van der Waals surface area contributed by atoms with Gasteiger partial charge in [0, 0.05) is 12.0 Å². The third kappa shape index (κ3) is 3.67. The lowest BCUT2D eigenvalue weighted by atomic mass is 9.79. The minimum atomic E-state index is -3.95. The Bertz CT molecular complexity index is 839. The summed E-state index contributed by atoms with van der Waals surface area (Å²) >= 11 is 0. The van der Waals surface area contributed by atoms with Gasteiger partial charge in [0.05, 0.1) is 11.5 Å². The van der Waals surface area contributed by atoms with Crippen LogP contribution in [-0.2, 0) is 23.5 Å². The Kier molecular flexibility index (Phi) is 5.71. The topological polar surface area (TPSA) is 9.23 Å². The maximum atomic E-state index is 15.0. The van der Waals surface area contributed by atoms with Crippen LogP contribution >= 0.6 is 0 Å². The molecular formula is C23H26F6O. The zero-order chi connectivity index (χ0) is 21.7. The second kappa shape index (κ2) is 7.88. The lowest BCUT2D eigenvalue weighted by Crippen LogP contribution is -2.42. The summed E-state index contributed by atoms with van der Waals surface area (Å²) in [5.41, 5.74) is -1.25. The van der Waals surface area contributed by atoms with Crippen molar-refractivity contribution in [3.05, 3.63) is 40.2 Å². The van der Waals surface area contributed by atoms with Crippen molar-refractivity contribution < 1.29 is 31.1 Å². The number of ether oxygens (including phenoxy) is 1. The van der Waals surface area contributed by atoms with Crippen molar-refractivity contribution in [2.45, 2.75) is 82.8 Å². The first-order valence-electron chi connectivity index (χ1n) is 10.8. The molecule has 0 heterocycles. The predicted octanol–water partition coefficient (Wildman–Crippen LogP) is 7.31. The van der Waals surface area contributed by atoms with E-state index in [0.29, 0.717) is 37.2 Å². The Balaban J connectivity index is 1.55. The van der Waals surface area contributed by atoms with Gasteiger partial charge in [-0.15, -0.1) is 0 Å². The highest BCUT2D eigenvalue weighted by molar-refractivity contribution is 5.68. The molecule has 1 atom stereocenters. The summed E-state index contributed by atoms with van der Waals surface area (Å²) in [6.07, 6.45) is -0.908. The van der Waals surface area contributed by atoms with Crippen LogP contribution in [0.1, 0.15) is 74.1 Å². The van der Waals surface area contributed by atoms with Crippen LogP contribution in [0.2, 0.25) is 0 Å². The Morgan fingerprint density at radius 3 is 2.47 bits per heavy atom. The highest BCUT2D eigenvalue weighted by atomic mass is 19.3. The van der Waals surface area contributed by atoms with E-state index in [1.807, 2.05) is 6.92 Å². The minimum absolute atomic E-state index is 0.0709. The van der Waals surface area contributed by atoms with Crippen molar-refractivity contribution in [2.75, 3.05) is 0 Å². The van der Waals surface area contributed by atoms with Crippen LogP contribution in [0.25, 0.3) is 5.83 Å². The largest absolute Gasteiger partial charge is 0.359 e. The van der Waals surface area contributed by atoms with E-state index in [-0.39, 0.29) is 18.4 Å². The molecule has 0 radical (unpaired) electrons. The molecule has 0 spiro atoms. The third-order valence-electron chi connectivity index (χ3n) is 6.87. The maximum Gasteiger partial charge on any atom is 0.359 e. The van der Waals surface area contributed by atoms with Crippen LogP contribution in [0.3, 0.4) is 0 Å². The molecule has 7 heteroatoms. The average Bonchev–Trinajstić information content (AvgIpc) is 2.92. The molecule has 1 fully saturated rings. The van der Waals surface area contributed by atoms with Gasteiger partial charge in [0.2, 0.25) is 0 Å². The molecule has 0 saturated heterocycles. The molecule has 1 nitrogen and oxygen atoms in total. The minimum Gasteiger partial charge on any atom is -0.310 e. The van der Waals surface area contributed by atoms with Gasteiger partial charge in [-0.1, -0.05) is 25.8 Å². The summed E-state index contributed by atoms with van der Waals surface area (Å²) < 4.78 is 93.2. The molecule has 1 unspecified atom stereocenters. The molecule has 3 aliphatic rings. The smallest absolute Gasteiger partial charge is 0.310 e. The second-order valence-electron chi connectivity index (χ2n) is 8.85. The van der Waals surface area contributed by atoms with Crippen molar-refractivity contribution in [3.63, 3.8) is 0 Å². The Morgan fingerprint density at radius 1 is 1.10 bits per heavy atom. The highest BCUT2D eigenvalue weighted by Crippen LogP contribution is 2.51. The van der Waals surface area contributed by atoms with Gasteiger partial charge in [-0.25, -0.2) is 8.78 Å². The van der Waals surface area contributed by atoms with Gasteiger partial charge in [0.15, 0.2) is 0 Å². The van der Waals surface area contributed by atoms with Gasteiger partial charge in [-0.2, -0.15) is 17.6 Å². The third-order valence-corrected chi connectivity index (χ3v) is 6.87. The summed E-state index contributed by atoms with van der Waals surface area (Å²) in [6.45, 7) is 2.04. The Hall–Kier alpha value is -1.50. The van der Waals surface area contributed by atoms with E-state index in [1.54, 1.807) is 0 Å². The fourth-order valence-corrected chi connectivity index (χ4v) is 5.28. The molecule has 0 bridgehead atoms. The molecular weight excluding hydrogens is 406 g/mol. The molecule has 1 aromatic carbocycles. The predicted molar refractivity (Wildman–Crippen MR) is 102 cm³/mol. The SMILES string of the molecule is CCCC1CCC(C(F)(F)OC2Cc3cc4c(c(F)c3C2(F)F)C(F)=CCC4)CC1. The van der Waals surface area contributed by atoms with E-state index in [0.717, 1.165) is 18.9 Å². The van der Waals surface area contributed by atoms with Crippen LogP contribution in [0, 0.1) is 17.7 Å². The standard InChI is InChI=1S/C23H26F6O/c1-2-4-13-7-9-16(10-8-13)23(28,29)30-18-12-15-11-14-5-3-6-17(24)19(14)21(25)20(15)22(18,26)27/h6,11,13,16,18H,2-5,7-10,12H2,1H3. The second-order valence-corrected chi connectivity index (χ2v) is 8.85. The van der Waals surface area contributed by atoms with Crippen LogP contribution in [-0.4, -0.2) is 12.2 Å². The van der Waals surface area contributed by atoms with E-state index < -0.39 is 53.2 Å². The van der Waals surface area contributed by atoms with Gasteiger partial charge in [0.1, 0.15) is 17.7 Å². The number of aryl methyl sites for hydroxylation is 1. The van der Waals surface area contributed by atoms with Gasteiger partial charge in [0.25, 0.3) is 0 Å². The number of rotatable bonds is 5. The van der Waals surface area contributed by atoms with Crippen molar-refractivity contribution in [1.82, 2.24) is 0 Å². The number of halogens is 6. The Labute approximate surface area is 172 Å². The number of allylic oxidation sites excluding steroid dienone is 1. The zero-order valence-corrected chi connectivity index (χ0v) is 16.9. The summed E-state index contributed by atoms with van der Waals surface area (Å²) in [5.74, 6) is -6.91. The van der Waals surface area contributed by atoms with Crippen LogP contribution in [0.5, 0.6) is 0 Å². The van der Waals surface area contributed by atoms with Gasteiger partial charge < -0.3 is 4.74 Å². The van der Waals surface area contributed by atoms with E-state index >= 15 is 0 Å². The first kappa shape index (κ1) is 21.7. The van der Waals surface area contributed by atoms with E-state index in [4.69, 9.17) is 4.74 Å². The van der Waals surface area contributed by atoms with Crippen LogP contribution < -0.4 is 0 Å². The van der Waals surface area contributed by atoms with Crippen molar-refractivity contribution in [3.8, 4) is 0 Å². The molecule has 4 rings (SSSR count). The van der Waals surface area contributed by atoms with E-state index in [2.05, 4.69) is 0 Å². The number of benzene rings is 1. The first-order chi connectivity index (χ1) is 14.1. The van der Waals surface area contributed by atoms with Gasteiger partial charge in [-0.05, 0) is 61.6 Å². The monoisotopic (exact) mass is 432 g/mol. The van der Waals surface area contributed by atoms with Gasteiger partial charge >= 0.3 is 12.0 Å².